The Morgan fingerprint density at radius 2 is 1.81 bits per heavy atom. The standard InChI is InChI=1S/C14H15BF/c1-11-9-14(16)8-7-12(11)10-15-13-5-3-2-4-6-13/h2-9H,10,15H2,1H3/q-1. The molecule has 0 fully saturated rings. The zero-order valence-electron chi connectivity index (χ0n) is 9.70. The number of aryl methyl sites for hydroxylation is 1. The van der Waals surface area contributed by atoms with Crippen molar-refractivity contribution in [1.82, 2.24) is 0 Å². The van der Waals surface area contributed by atoms with Crippen LogP contribution in [0.15, 0.2) is 48.5 Å². The van der Waals surface area contributed by atoms with Crippen LogP contribution >= 0.6 is 0 Å². The van der Waals surface area contributed by atoms with Crippen molar-refractivity contribution in [3.05, 3.63) is 65.5 Å². The molecule has 16 heavy (non-hydrogen) atoms. The molecule has 0 heterocycles. The molecule has 0 atom stereocenters. The highest BCUT2D eigenvalue weighted by Gasteiger charge is 1.97. The lowest BCUT2D eigenvalue weighted by Gasteiger charge is -2.10. The third-order valence-corrected chi connectivity index (χ3v) is 3.21. The van der Waals surface area contributed by atoms with Crippen molar-refractivity contribution < 1.29 is 4.39 Å². The maximum Gasteiger partial charge on any atom is 0.123 e. The average molecular weight is 213 g/mol. The second-order valence-corrected chi connectivity index (χ2v) is 4.43. The summed E-state index contributed by atoms with van der Waals surface area (Å²) in [5.74, 6) is -0.138. The molecule has 2 heteroatoms. The first kappa shape index (κ1) is 10.9. The van der Waals surface area contributed by atoms with Gasteiger partial charge in [0.25, 0.3) is 0 Å². The first-order valence-electron chi connectivity index (χ1n) is 5.90. The molecule has 0 unspecified atom stereocenters. The fourth-order valence-electron chi connectivity index (χ4n) is 2.22. The second-order valence-electron chi connectivity index (χ2n) is 4.43. The summed E-state index contributed by atoms with van der Waals surface area (Å²) in [7, 11) is -0.139. The van der Waals surface area contributed by atoms with Crippen LogP contribution in [0.2, 0.25) is 0 Å². The van der Waals surface area contributed by atoms with Gasteiger partial charge in [0.05, 0.1) is 0 Å². The minimum atomic E-state index is -0.139. The van der Waals surface area contributed by atoms with Crippen molar-refractivity contribution >= 4 is 12.7 Å². The average Bonchev–Trinajstić information content (AvgIpc) is 2.29. The van der Waals surface area contributed by atoms with Gasteiger partial charge in [0, 0.05) is 7.28 Å². The topological polar surface area (TPSA) is 0 Å². The molecule has 82 valence electrons. The number of rotatable bonds is 3. The summed E-state index contributed by atoms with van der Waals surface area (Å²) in [4.78, 5) is 0. The van der Waals surface area contributed by atoms with Gasteiger partial charge in [-0.2, -0.15) is 6.32 Å². The zero-order chi connectivity index (χ0) is 11.4. The third-order valence-electron chi connectivity index (χ3n) is 3.21. The Morgan fingerprint density at radius 3 is 2.50 bits per heavy atom. The lowest BCUT2D eigenvalue weighted by molar-refractivity contribution is 0.626. The summed E-state index contributed by atoms with van der Waals surface area (Å²) in [6.07, 6.45) is 1.09. The SMILES string of the molecule is Cc1cc(F)ccc1C[BH2-]c1ccccc1. The molecule has 0 radical (unpaired) electrons. The summed E-state index contributed by atoms with van der Waals surface area (Å²) in [6, 6.07) is 15.6. The highest BCUT2D eigenvalue weighted by atomic mass is 19.1. The molecule has 0 aromatic heterocycles. The van der Waals surface area contributed by atoms with Gasteiger partial charge in [0.1, 0.15) is 5.82 Å². The maximum absolute atomic E-state index is 12.9. The van der Waals surface area contributed by atoms with Crippen LogP contribution in [0.1, 0.15) is 11.1 Å². The van der Waals surface area contributed by atoms with Gasteiger partial charge >= 0.3 is 0 Å². The van der Waals surface area contributed by atoms with Crippen molar-refractivity contribution in [3.8, 4) is 0 Å². The first-order valence-corrected chi connectivity index (χ1v) is 5.90. The number of hydrogen-bond acceptors (Lipinski definition) is 0. The van der Waals surface area contributed by atoms with Gasteiger partial charge in [0.15, 0.2) is 0 Å². The molecule has 0 nitrogen and oxygen atoms in total. The largest absolute Gasteiger partial charge is 0.217 e. The van der Waals surface area contributed by atoms with Crippen LogP contribution in [0.5, 0.6) is 0 Å². The van der Waals surface area contributed by atoms with E-state index in [1.54, 1.807) is 12.1 Å². The van der Waals surface area contributed by atoms with Gasteiger partial charge in [0.2, 0.25) is 0 Å². The second kappa shape index (κ2) is 4.97. The predicted molar refractivity (Wildman–Crippen MR) is 69.5 cm³/mol. The molecule has 0 saturated carbocycles. The molecule has 2 aromatic rings. The molecule has 0 aliphatic carbocycles. The predicted octanol–water partition coefficient (Wildman–Crippen LogP) is 2.13. The summed E-state index contributed by atoms with van der Waals surface area (Å²) in [5, 5.41) is 0. The molecular formula is C14H15BF-. The fourth-order valence-corrected chi connectivity index (χ4v) is 2.22. The summed E-state index contributed by atoms with van der Waals surface area (Å²) < 4.78 is 12.9. The van der Waals surface area contributed by atoms with Crippen LogP contribution in [0.25, 0.3) is 0 Å². The van der Waals surface area contributed by atoms with Gasteiger partial charge in [-0.1, -0.05) is 42.0 Å². The monoisotopic (exact) mass is 213 g/mol. The van der Waals surface area contributed by atoms with E-state index in [2.05, 4.69) is 24.3 Å². The Labute approximate surface area is 96.4 Å². The summed E-state index contributed by atoms with van der Waals surface area (Å²) in [5.41, 5.74) is 3.80. The van der Waals surface area contributed by atoms with Crippen molar-refractivity contribution in [1.29, 1.82) is 0 Å². The smallest absolute Gasteiger partial charge is 0.123 e. The quantitative estimate of drug-likeness (QED) is 0.685. The van der Waals surface area contributed by atoms with E-state index in [4.69, 9.17) is 0 Å². The Balaban J connectivity index is 2.05. The number of benzene rings is 2. The van der Waals surface area contributed by atoms with Crippen LogP contribution in [0.4, 0.5) is 4.39 Å². The Kier molecular flexibility index (Phi) is 3.40. The molecule has 0 spiro atoms. The van der Waals surface area contributed by atoms with Gasteiger partial charge in [-0.25, -0.2) is 9.85 Å². The molecule has 0 aliphatic heterocycles. The van der Waals surface area contributed by atoms with Crippen LogP contribution in [0.3, 0.4) is 0 Å². The first-order chi connectivity index (χ1) is 7.75. The van der Waals surface area contributed by atoms with E-state index in [0.29, 0.717) is 0 Å². The Hall–Kier alpha value is -1.57. The molecule has 0 N–H and O–H groups in total. The van der Waals surface area contributed by atoms with Crippen LogP contribution in [-0.4, -0.2) is 7.28 Å². The summed E-state index contributed by atoms with van der Waals surface area (Å²) in [6.45, 7) is 1.98. The van der Waals surface area contributed by atoms with E-state index in [0.717, 1.165) is 11.9 Å². The van der Waals surface area contributed by atoms with Gasteiger partial charge in [-0.15, -0.1) is 0 Å². The van der Waals surface area contributed by atoms with Gasteiger partial charge in [-0.05, 0) is 24.6 Å². The minimum absolute atomic E-state index is 0.138. The highest BCUT2D eigenvalue weighted by molar-refractivity contribution is 6.52. The number of halogens is 1. The Morgan fingerprint density at radius 1 is 1.06 bits per heavy atom. The zero-order valence-corrected chi connectivity index (χ0v) is 9.70. The molecule has 0 aliphatic rings. The van der Waals surface area contributed by atoms with Gasteiger partial charge in [-0.3, -0.25) is 0 Å². The van der Waals surface area contributed by atoms with Gasteiger partial charge < -0.3 is 0 Å². The molecule has 0 saturated heterocycles. The van der Waals surface area contributed by atoms with Crippen LogP contribution < -0.4 is 5.46 Å². The van der Waals surface area contributed by atoms with E-state index in [1.807, 2.05) is 19.1 Å². The molecule has 2 aromatic carbocycles. The van der Waals surface area contributed by atoms with Crippen molar-refractivity contribution in [2.24, 2.45) is 0 Å². The normalized spacial score (nSPS) is 10.4. The minimum Gasteiger partial charge on any atom is -0.217 e. The maximum atomic E-state index is 12.9. The van der Waals surface area contributed by atoms with E-state index >= 15 is 0 Å². The van der Waals surface area contributed by atoms with Crippen LogP contribution in [0, 0.1) is 12.7 Å². The molecular weight excluding hydrogens is 198 g/mol. The van der Waals surface area contributed by atoms with Crippen molar-refractivity contribution in [2.75, 3.05) is 0 Å². The molecule has 0 bridgehead atoms. The van der Waals surface area contributed by atoms with Crippen molar-refractivity contribution in [2.45, 2.75) is 13.2 Å². The van der Waals surface area contributed by atoms with E-state index in [1.165, 1.54) is 11.0 Å². The molecule has 0 amide bonds. The Bertz CT molecular complexity index is 465. The van der Waals surface area contributed by atoms with E-state index in [9.17, 15) is 4.39 Å². The van der Waals surface area contributed by atoms with E-state index in [-0.39, 0.29) is 13.1 Å². The highest BCUT2D eigenvalue weighted by Crippen LogP contribution is 2.10. The molecule has 2 rings (SSSR count). The van der Waals surface area contributed by atoms with E-state index < -0.39 is 0 Å². The van der Waals surface area contributed by atoms with Crippen LogP contribution in [-0.2, 0) is 6.32 Å². The summed E-state index contributed by atoms with van der Waals surface area (Å²) >= 11 is 0. The lowest BCUT2D eigenvalue weighted by atomic mass is 9.65. The van der Waals surface area contributed by atoms with Crippen molar-refractivity contribution in [3.63, 3.8) is 0 Å². The third kappa shape index (κ3) is 2.72. The lowest BCUT2D eigenvalue weighted by Crippen LogP contribution is -2.16. The number of hydrogen-bond donors (Lipinski definition) is 0. The fraction of sp³-hybridized carbons (Fsp3) is 0.143.